The molecule has 1 atom stereocenters. The second-order valence-corrected chi connectivity index (χ2v) is 15.9. The van der Waals surface area contributed by atoms with Crippen LogP contribution < -0.4 is 0 Å². The van der Waals surface area contributed by atoms with Gasteiger partial charge in [0, 0.05) is 19.4 Å². The maximum atomic E-state index is 12.8. The van der Waals surface area contributed by atoms with Crippen molar-refractivity contribution in [3.8, 4) is 0 Å². The summed E-state index contributed by atoms with van der Waals surface area (Å²) in [6.07, 6.45) is 66.9. The number of ether oxygens (including phenoxy) is 3. The standard InChI is InChI=1S/C55H92O5/c1-4-7-10-13-16-19-22-25-28-30-33-36-39-42-45-48-54(56)59-52-53(51-58-50-47-44-41-38-35-32-27-24-21-18-15-12-9-6-3)60-55(57)49-46-43-40-37-34-31-29-26-23-20-17-14-11-8-5-2/h7,9-10,12,16-21,25-29,32,53H,4-6,8,11,13-15,22-24,30-31,33-52H2,1-3H3/b10-7-,12-9-,19-16-,20-17-,21-18-,28-25-,29-26-,32-27-. The second-order valence-electron chi connectivity index (χ2n) is 15.9. The number of esters is 2. The number of unbranched alkanes of at least 4 members (excludes halogenated alkanes) is 17. The lowest BCUT2D eigenvalue weighted by Gasteiger charge is -2.18. The Labute approximate surface area is 371 Å². The van der Waals surface area contributed by atoms with Crippen molar-refractivity contribution < 1.29 is 23.8 Å². The van der Waals surface area contributed by atoms with Crippen molar-refractivity contribution in [3.63, 3.8) is 0 Å². The quantitative estimate of drug-likeness (QED) is 0.0348. The third-order valence-corrected chi connectivity index (χ3v) is 10.1. The summed E-state index contributed by atoms with van der Waals surface area (Å²) in [5, 5.41) is 0. The monoisotopic (exact) mass is 833 g/mol. The Morgan fingerprint density at radius 3 is 1.20 bits per heavy atom. The first kappa shape index (κ1) is 56.8. The molecule has 0 fully saturated rings. The van der Waals surface area contributed by atoms with Crippen molar-refractivity contribution in [2.45, 2.75) is 219 Å². The van der Waals surface area contributed by atoms with Crippen LogP contribution in [0, 0.1) is 0 Å². The SMILES string of the molecule is CC/C=C\C/C=C\C/C=C\CCCCCCCC(=O)OCC(COCCCCCC/C=C\C/C=C\C/C=C\CC)OC(=O)CCCCCCC/C=C\C/C=C\CCCCC. The summed E-state index contributed by atoms with van der Waals surface area (Å²) in [5.74, 6) is -0.450. The van der Waals surface area contributed by atoms with E-state index in [1.165, 1.54) is 64.2 Å². The van der Waals surface area contributed by atoms with Gasteiger partial charge in [0.05, 0.1) is 6.61 Å². The molecular formula is C55H92O5. The molecule has 60 heavy (non-hydrogen) atoms. The van der Waals surface area contributed by atoms with Gasteiger partial charge in [0.1, 0.15) is 6.61 Å². The lowest BCUT2D eigenvalue weighted by Crippen LogP contribution is -2.30. The molecule has 0 saturated heterocycles. The first-order chi connectivity index (χ1) is 29.6. The molecule has 0 heterocycles. The molecule has 0 aromatic carbocycles. The highest BCUT2D eigenvalue weighted by Gasteiger charge is 2.17. The Balaban J connectivity index is 4.38. The van der Waals surface area contributed by atoms with E-state index >= 15 is 0 Å². The highest BCUT2D eigenvalue weighted by molar-refractivity contribution is 5.70. The van der Waals surface area contributed by atoms with E-state index < -0.39 is 6.10 Å². The molecule has 0 amide bonds. The summed E-state index contributed by atoms with van der Waals surface area (Å²) in [4.78, 5) is 25.4. The fraction of sp³-hybridized carbons (Fsp3) is 0.673. The first-order valence-corrected chi connectivity index (χ1v) is 24.8. The van der Waals surface area contributed by atoms with Crippen LogP contribution in [-0.2, 0) is 23.8 Å². The zero-order valence-electron chi connectivity index (χ0n) is 39.2. The molecule has 0 N–H and O–H groups in total. The Bertz CT molecular complexity index is 1170. The Morgan fingerprint density at radius 1 is 0.383 bits per heavy atom. The van der Waals surface area contributed by atoms with E-state index in [4.69, 9.17) is 14.2 Å². The minimum atomic E-state index is -0.567. The molecule has 1 unspecified atom stereocenters. The maximum Gasteiger partial charge on any atom is 0.306 e. The summed E-state index contributed by atoms with van der Waals surface area (Å²) in [5.41, 5.74) is 0. The van der Waals surface area contributed by atoms with Crippen LogP contribution in [0.3, 0.4) is 0 Å². The van der Waals surface area contributed by atoms with E-state index in [1.807, 2.05) is 0 Å². The normalized spacial score (nSPS) is 13.1. The lowest BCUT2D eigenvalue weighted by molar-refractivity contribution is -0.163. The summed E-state index contributed by atoms with van der Waals surface area (Å²) in [6.45, 7) is 7.49. The number of hydrogen-bond acceptors (Lipinski definition) is 5. The third kappa shape index (κ3) is 47.5. The van der Waals surface area contributed by atoms with Crippen LogP contribution in [-0.4, -0.2) is 37.9 Å². The summed E-state index contributed by atoms with van der Waals surface area (Å²) >= 11 is 0. The van der Waals surface area contributed by atoms with Crippen LogP contribution in [0.15, 0.2) is 97.2 Å². The Morgan fingerprint density at radius 2 is 0.750 bits per heavy atom. The number of rotatable bonds is 44. The molecule has 0 aliphatic rings. The number of carbonyl (C=O) groups excluding carboxylic acids is 2. The number of allylic oxidation sites excluding steroid dienone is 16. The highest BCUT2D eigenvalue weighted by Crippen LogP contribution is 2.12. The summed E-state index contributed by atoms with van der Waals surface area (Å²) in [7, 11) is 0. The second kappa shape index (κ2) is 50.2. The fourth-order valence-corrected chi connectivity index (χ4v) is 6.45. The van der Waals surface area contributed by atoms with E-state index in [-0.39, 0.29) is 25.2 Å². The smallest absolute Gasteiger partial charge is 0.306 e. The van der Waals surface area contributed by atoms with Gasteiger partial charge in [-0.3, -0.25) is 9.59 Å². The van der Waals surface area contributed by atoms with Crippen LogP contribution in [0.4, 0.5) is 0 Å². The molecule has 0 bridgehead atoms. The summed E-state index contributed by atoms with van der Waals surface area (Å²) in [6, 6.07) is 0. The van der Waals surface area contributed by atoms with E-state index in [0.717, 1.165) is 116 Å². The van der Waals surface area contributed by atoms with E-state index in [0.29, 0.717) is 19.4 Å². The minimum absolute atomic E-state index is 0.0562. The average molecular weight is 833 g/mol. The van der Waals surface area contributed by atoms with Gasteiger partial charge in [-0.2, -0.15) is 0 Å². The molecule has 0 aromatic rings. The van der Waals surface area contributed by atoms with Crippen molar-refractivity contribution >= 4 is 11.9 Å². The molecule has 0 spiro atoms. The molecule has 0 aromatic heterocycles. The molecule has 5 nitrogen and oxygen atoms in total. The molecule has 342 valence electrons. The predicted molar refractivity (Wildman–Crippen MR) is 260 cm³/mol. The zero-order valence-corrected chi connectivity index (χ0v) is 39.2. The van der Waals surface area contributed by atoms with Gasteiger partial charge < -0.3 is 14.2 Å². The number of hydrogen-bond donors (Lipinski definition) is 0. The Hall–Kier alpha value is -3.18. The lowest BCUT2D eigenvalue weighted by atomic mass is 10.1. The van der Waals surface area contributed by atoms with Crippen LogP contribution in [0.25, 0.3) is 0 Å². The van der Waals surface area contributed by atoms with Gasteiger partial charge in [-0.15, -0.1) is 0 Å². The van der Waals surface area contributed by atoms with E-state index in [1.54, 1.807) is 0 Å². The molecular weight excluding hydrogens is 741 g/mol. The van der Waals surface area contributed by atoms with Crippen molar-refractivity contribution in [1.82, 2.24) is 0 Å². The van der Waals surface area contributed by atoms with Crippen molar-refractivity contribution in [1.29, 1.82) is 0 Å². The average Bonchev–Trinajstić information content (AvgIpc) is 3.25. The van der Waals surface area contributed by atoms with Gasteiger partial charge in [-0.1, -0.05) is 182 Å². The van der Waals surface area contributed by atoms with Crippen molar-refractivity contribution in [2.24, 2.45) is 0 Å². The fourth-order valence-electron chi connectivity index (χ4n) is 6.45. The molecule has 5 heteroatoms. The molecule has 0 aliphatic carbocycles. The maximum absolute atomic E-state index is 12.8. The van der Waals surface area contributed by atoms with Gasteiger partial charge in [0.15, 0.2) is 6.10 Å². The summed E-state index contributed by atoms with van der Waals surface area (Å²) < 4.78 is 17.3. The number of carbonyl (C=O) groups is 2. The van der Waals surface area contributed by atoms with Crippen LogP contribution in [0.2, 0.25) is 0 Å². The van der Waals surface area contributed by atoms with Gasteiger partial charge in [0.2, 0.25) is 0 Å². The van der Waals surface area contributed by atoms with Crippen molar-refractivity contribution in [2.75, 3.05) is 19.8 Å². The van der Waals surface area contributed by atoms with Crippen LogP contribution >= 0.6 is 0 Å². The van der Waals surface area contributed by atoms with Crippen molar-refractivity contribution in [3.05, 3.63) is 97.2 Å². The third-order valence-electron chi connectivity index (χ3n) is 10.1. The van der Waals surface area contributed by atoms with Crippen LogP contribution in [0.5, 0.6) is 0 Å². The topological polar surface area (TPSA) is 61.8 Å². The highest BCUT2D eigenvalue weighted by atomic mass is 16.6. The van der Waals surface area contributed by atoms with Gasteiger partial charge in [0.25, 0.3) is 0 Å². The van der Waals surface area contributed by atoms with Gasteiger partial charge in [-0.25, -0.2) is 0 Å². The largest absolute Gasteiger partial charge is 0.462 e. The predicted octanol–water partition coefficient (Wildman–Crippen LogP) is 16.7. The molecule has 0 rings (SSSR count). The molecule has 0 saturated carbocycles. The minimum Gasteiger partial charge on any atom is -0.462 e. The van der Waals surface area contributed by atoms with Gasteiger partial charge in [-0.05, 0) is 116 Å². The molecule has 0 radical (unpaired) electrons. The van der Waals surface area contributed by atoms with E-state index in [2.05, 4.69) is 118 Å². The Kier molecular flexibility index (Phi) is 47.5. The first-order valence-electron chi connectivity index (χ1n) is 24.8. The molecule has 0 aliphatic heterocycles. The van der Waals surface area contributed by atoms with Gasteiger partial charge >= 0.3 is 11.9 Å². The van der Waals surface area contributed by atoms with Crippen LogP contribution in [0.1, 0.15) is 213 Å². The zero-order chi connectivity index (χ0) is 43.5. The van der Waals surface area contributed by atoms with E-state index in [9.17, 15) is 9.59 Å².